The van der Waals surface area contributed by atoms with Crippen molar-refractivity contribution in [1.29, 1.82) is 0 Å². The molecule has 0 aliphatic carbocycles. The van der Waals surface area contributed by atoms with Crippen LogP contribution >= 0.6 is 11.6 Å². The molecular formula is C23H23ClN4O2. The summed E-state index contributed by atoms with van der Waals surface area (Å²) in [5.74, 6) is -0.562. The Balaban J connectivity index is 1.81. The van der Waals surface area contributed by atoms with Crippen LogP contribution in [0.5, 0.6) is 0 Å². The molecule has 1 aromatic heterocycles. The Morgan fingerprint density at radius 2 is 1.80 bits per heavy atom. The summed E-state index contributed by atoms with van der Waals surface area (Å²) in [4.78, 5) is 23.8. The number of para-hydroxylation sites is 1. The van der Waals surface area contributed by atoms with Crippen LogP contribution in [0.2, 0.25) is 5.02 Å². The van der Waals surface area contributed by atoms with Crippen LogP contribution in [0.25, 0.3) is 23.0 Å². The van der Waals surface area contributed by atoms with Crippen LogP contribution < -0.4 is 10.6 Å². The van der Waals surface area contributed by atoms with Gasteiger partial charge in [0.15, 0.2) is 0 Å². The summed E-state index contributed by atoms with van der Waals surface area (Å²) >= 11 is 6.01. The molecule has 0 aliphatic heterocycles. The Morgan fingerprint density at radius 3 is 2.50 bits per heavy atom. The highest BCUT2D eigenvalue weighted by Crippen LogP contribution is 2.26. The number of nitrogens with one attached hydrogen (secondary N) is 2. The van der Waals surface area contributed by atoms with Gasteiger partial charge in [-0.1, -0.05) is 48.9 Å². The van der Waals surface area contributed by atoms with Gasteiger partial charge in [0, 0.05) is 35.0 Å². The van der Waals surface area contributed by atoms with Crippen molar-refractivity contribution >= 4 is 29.5 Å². The maximum atomic E-state index is 12.1. The van der Waals surface area contributed by atoms with Gasteiger partial charge in [-0.25, -0.2) is 4.68 Å². The third-order valence-electron chi connectivity index (χ3n) is 4.29. The molecule has 0 fully saturated rings. The van der Waals surface area contributed by atoms with Crippen LogP contribution in [0, 0.1) is 0 Å². The summed E-state index contributed by atoms with van der Waals surface area (Å²) in [7, 11) is 0. The highest BCUT2D eigenvalue weighted by molar-refractivity contribution is 6.30. The van der Waals surface area contributed by atoms with E-state index in [1.54, 1.807) is 22.9 Å². The van der Waals surface area contributed by atoms with E-state index in [1.807, 2.05) is 55.6 Å². The number of hydrogen-bond donors (Lipinski definition) is 2. The maximum Gasteiger partial charge on any atom is 0.244 e. The monoisotopic (exact) mass is 422 g/mol. The number of nitrogens with zero attached hydrogens (tertiary/aromatic N) is 2. The minimum atomic E-state index is -0.351. The van der Waals surface area contributed by atoms with Crippen LogP contribution in [0.15, 0.2) is 66.9 Å². The van der Waals surface area contributed by atoms with Crippen molar-refractivity contribution in [2.24, 2.45) is 0 Å². The van der Waals surface area contributed by atoms with Crippen LogP contribution in [0.3, 0.4) is 0 Å². The fraction of sp³-hybridized carbons (Fsp3) is 0.174. The molecule has 0 spiro atoms. The minimum absolute atomic E-state index is 0.0590. The number of amides is 2. The van der Waals surface area contributed by atoms with Gasteiger partial charge in [0.2, 0.25) is 11.8 Å². The average molecular weight is 423 g/mol. The predicted molar refractivity (Wildman–Crippen MR) is 119 cm³/mol. The van der Waals surface area contributed by atoms with E-state index in [4.69, 9.17) is 16.7 Å². The summed E-state index contributed by atoms with van der Waals surface area (Å²) in [6.07, 6.45) is 5.80. The van der Waals surface area contributed by atoms with Crippen LogP contribution in [0.4, 0.5) is 0 Å². The van der Waals surface area contributed by atoms with E-state index in [1.165, 1.54) is 6.08 Å². The van der Waals surface area contributed by atoms with E-state index in [9.17, 15) is 9.59 Å². The topological polar surface area (TPSA) is 76.0 Å². The van der Waals surface area contributed by atoms with Gasteiger partial charge < -0.3 is 10.6 Å². The van der Waals surface area contributed by atoms with E-state index in [2.05, 4.69) is 10.6 Å². The second kappa shape index (κ2) is 10.4. The molecule has 7 heteroatoms. The van der Waals surface area contributed by atoms with Crippen molar-refractivity contribution < 1.29 is 9.59 Å². The third-order valence-corrected chi connectivity index (χ3v) is 4.54. The second-order valence-electron chi connectivity index (χ2n) is 6.62. The molecule has 1 heterocycles. The van der Waals surface area contributed by atoms with Crippen molar-refractivity contribution in [2.75, 3.05) is 13.1 Å². The summed E-state index contributed by atoms with van der Waals surface area (Å²) in [5.41, 5.74) is 3.28. The van der Waals surface area contributed by atoms with Gasteiger partial charge in [0.25, 0.3) is 0 Å². The lowest BCUT2D eigenvalue weighted by molar-refractivity contribution is -0.123. The van der Waals surface area contributed by atoms with Crippen molar-refractivity contribution in [2.45, 2.75) is 13.3 Å². The van der Waals surface area contributed by atoms with E-state index in [0.717, 1.165) is 28.9 Å². The molecule has 0 atom stereocenters. The molecule has 3 rings (SSSR count). The molecule has 154 valence electrons. The van der Waals surface area contributed by atoms with Gasteiger partial charge in [-0.3, -0.25) is 9.59 Å². The number of rotatable bonds is 8. The number of hydrogen-bond acceptors (Lipinski definition) is 3. The number of benzene rings is 2. The zero-order valence-electron chi connectivity index (χ0n) is 16.6. The third kappa shape index (κ3) is 5.81. The largest absolute Gasteiger partial charge is 0.355 e. The lowest BCUT2D eigenvalue weighted by Crippen LogP contribution is -2.36. The zero-order chi connectivity index (χ0) is 21.3. The van der Waals surface area contributed by atoms with Gasteiger partial charge in [-0.2, -0.15) is 5.10 Å². The standard InChI is InChI=1S/C23H23ClN4O2/c1-2-14-25-22(30)15-26-21(29)13-10-18-16-28(20-6-4-3-5-7-20)27-23(18)17-8-11-19(24)12-9-17/h3-13,16H,2,14-15H2,1H3,(H,25,30)(H,26,29)/b13-10+. The maximum absolute atomic E-state index is 12.1. The average Bonchev–Trinajstić information content (AvgIpc) is 3.20. The quantitative estimate of drug-likeness (QED) is 0.541. The highest BCUT2D eigenvalue weighted by Gasteiger charge is 2.11. The SMILES string of the molecule is CCCNC(=O)CNC(=O)/C=C/c1cn(-c2ccccc2)nc1-c1ccc(Cl)cc1. The van der Waals surface area contributed by atoms with E-state index in [-0.39, 0.29) is 18.4 Å². The summed E-state index contributed by atoms with van der Waals surface area (Å²) in [5, 5.41) is 10.6. The lowest BCUT2D eigenvalue weighted by Gasteiger charge is -2.03. The van der Waals surface area contributed by atoms with Crippen molar-refractivity contribution in [3.8, 4) is 16.9 Å². The normalized spacial score (nSPS) is 10.9. The first kappa shape index (κ1) is 21.3. The van der Waals surface area contributed by atoms with E-state index in [0.29, 0.717) is 11.6 Å². The molecule has 6 nitrogen and oxygen atoms in total. The first-order chi connectivity index (χ1) is 14.6. The minimum Gasteiger partial charge on any atom is -0.355 e. The lowest BCUT2D eigenvalue weighted by atomic mass is 10.1. The molecular weight excluding hydrogens is 400 g/mol. The van der Waals surface area contributed by atoms with Crippen molar-refractivity contribution in [3.05, 3.63) is 77.5 Å². The Morgan fingerprint density at radius 1 is 1.07 bits per heavy atom. The number of aromatic nitrogens is 2. The van der Waals surface area contributed by atoms with E-state index >= 15 is 0 Å². The van der Waals surface area contributed by atoms with Crippen LogP contribution in [0.1, 0.15) is 18.9 Å². The Hall–Kier alpha value is -3.38. The first-order valence-corrected chi connectivity index (χ1v) is 10.1. The molecule has 2 aromatic carbocycles. The molecule has 0 radical (unpaired) electrons. The number of halogens is 1. The molecule has 0 saturated carbocycles. The molecule has 0 saturated heterocycles. The van der Waals surface area contributed by atoms with Crippen molar-refractivity contribution in [1.82, 2.24) is 20.4 Å². The van der Waals surface area contributed by atoms with Crippen LogP contribution in [-0.2, 0) is 9.59 Å². The predicted octanol–water partition coefficient (Wildman–Crippen LogP) is 3.85. The van der Waals surface area contributed by atoms with Gasteiger partial charge in [0.05, 0.1) is 17.9 Å². The van der Waals surface area contributed by atoms with Crippen LogP contribution in [-0.4, -0.2) is 34.7 Å². The van der Waals surface area contributed by atoms with Gasteiger partial charge in [-0.15, -0.1) is 0 Å². The smallest absolute Gasteiger partial charge is 0.244 e. The fourth-order valence-corrected chi connectivity index (χ4v) is 2.90. The Bertz CT molecular complexity index is 1030. The highest BCUT2D eigenvalue weighted by atomic mass is 35.5. The number of carbonyl (C=O) groups is 2. The zero-order valence-corrected chi connectivity index (χ0v) is 17.4. The van der Waals surface area contributed by atoms with E-state index < -0.39 is 0 Å². The molecule has 0 aliphatic rings. The molecule has 2 N–H and O–H groups in total. The fourth-order valence-electron chi connectivity index (χ4n) is 2.77. The molecule has 3 aromatic rings. The second-order valence-corrected chi connectivity index (χ2v) is 7.06. The summed E-state index contributed by atoms with van der Waals surface area (Å²) in [6.45, 7) is 2.50. The number of carbonyl (C=O) groups excluding carboxylic acids is 2. The molecule has 2 amide bonds. The molecule has 30 heavy (non-hydrogen) atoms. The molecule has 0 bridgehead atoms. The van der Waals surface area contributed by atoms with Crippen molar-refractivity contribution in [3.63, 3.8) is 0 Å². The van der Waals surface area contributed by atoms with Gasteiger partial charge >= 0.3 is 0 Å². The Labute approximate surface area is 180 Å². The Kier molecular flexibility index (Phi) is 7.40. The van der Waals surface area contributed by atoms with Gasteiger partial charge in [0.1, 0.15) is 0 Å². The van der Waals surface area contributed by atoms with Gasteiger partial charge in [-0.05, 0) is 36.8 Å². The first-order valence-electron chi connectivity index (χ1n) is 9.70. The summed E-state index contributed by atoms with van der Waals surface area (Å²) in [6, 6.07) is 17.1. The summed E-state index contributed by atoms with van der Waals surface area (Å²) < 4.78 is 1.76. The molecule has 0 unspecified atom stereocenters.